The maximum Gasteiger partial charge on any atom is 0.191 e. The van der Waals surface area contributed by atoms with Crippen molar-refractivity contribution >= 4 is 5.96 Å². The number of hydrogen-bond donors (Lipinski definition) is 2. The Morgan fingerprint density at radius 1 is 1.23 bits per heavy atom. The van der Waals surface area contributed by atoms with E-state index in [2.05, 4.69) is 22.5 Å². The molecule has 0 saturated carbocycles. The quantitative estimate of drug-likeness (QED) is 0.486. The molecule has 0 bridgehead atoms. The molecule has 0 spiro atoms. The molecule has 2 heterocycles. The summed E-state index contributed by atoms with van der Waals surface area (Å²) in [6.07, 6.45) is 4.19. The zero-order valence-corrected chi connectivity index (χ0v) is 18.3. The molecule has 1 atom stereocenters. The number of furan rings is 1. The number of nitrogens with zero attached hydrogens (tertiary/aromatic N) is 3. The molecule has 1 aromatic heterocycles. The molecule has 2 N–H and O–H groups in total. The van der Waals surface area contributed by atoms with Crippen LogP contribution in [0.3, 0.4) is 0 Å². The summed E-state index contributed by atoms with van der Waals surface area (Å²) in [7, 11) is 3.88. The summed E-state index contributed by atoms with van der Waals surface area (Å²) >= 11 is 0. The average Bonchev–Trinajstić information content (AvgIpc) is 3.43. The lowest BCUT2D eigenvalue weighted by Gasteiger charge is -2.26. The molecule has 1 unspecified atom stereocenters. The molecule has 6 nitrogen and oxygen atoms in total. The van der Waals surface area contributed by atoms with Crippen LogP contribution in [0.2, 0.25) is 0 Å². The highest BCUT2D eigenvalue weighted by atomic mass is 19.1. The van der Waals surface area contributed by atoms with Gasteiger partial charge in [-0.05, 0) is 76.8 Å². The smallest absolute Gasteiger partial charge is 0.191 e. The Morgan fingerprint density at radius 2 is 2.03 bits per heavy atom. The van der Waals surface area contributed by atoms with E-state index in [1.807, 2.05) is 37.2 Å². The number of nitrogens with one attached hydrogen (secondary N) is 2. The summed E-state index contributed by atoms with van der Waals surface area (Å²) in [6.45, 7) is 6.78. The molecule has 1 fully saturated rings. The van der Waals surface area contributed by atoms with Crippen LogP contribution in [0, 0.1) is 5.82 Å². The molecule has 0 amide bonds. The second kappa shape index (κ2) is 11.1. The SMILES string of the molecule is CCNC(=NCc1ccc(F)c(CN(C)C)c1)NCC(c1ccco1)N1CCCC1. The van der Waals surface area contributed by atoms with Crippen LogP contribution in [-0.2, 0) is 13.1 Å². The average molecular weight is 416 g/mol. The number of aliphatic imine (C=N–C) groups is 1. The molecule has 1 saturated heterocycles. The Kier molecular flexibility index (Phi) is 8.28. The van der Waals surface area contributed by atoms with Gasteiger partial charge in [-0.2, -0.15) is 0 Å². The van der Waals surface area contributed by atoms with Gasteiger partial charge in [0.25, 0.3) is 0 Å². The van der Waals surface area contributed by atoms with Crippen LogP contribution < -0.4 is 10.6 Å². The minimum Gasteiger partial charge on any atom is -0.468 e. The number of guanidine groups is 1. The maximum absolute atomic E-state index is 14.0. The predicted molar refractivity (Wildman–Crippen MR) is 119 cm³/mol. The van der Waals surface area contributed by atoms with Crippen molar-refractivity contribution in [2.75, 3.05) is 40.3 Å². The lowest BCUT2D eigenvalue weighted by molar-refractivity contribution is 0.215. The number of rotatable bonds is 9. The Labute approximate surface area is 179 Å². The van der Waals surface area contributed by atoms with Crippen molar-refractivity contribution in [3.8, 4) is 0 Å². The van der Waals surface area contributed by atoms with Gasteiger partial charge in [-0.25, -0.2) is 9.38 Å². The molecule has 1 aromatic carbocycles. The largest absolute Gasteiger partial charge is 0.468 e. The van der Waals surface area contributed by atoms with E-state index in [9.17, 15) is 4.39 Å². The van der Waals surface area contributed by atoms with Crippen molar-refractivity contribution < 1.29 is 8.81 Å². The third kappa shape index (κ3) is 6.31. The Balaban J connectivity index is 1.66. The van der Waals surface area contributed by atoms with Crippen molar-refractivity contribution in [1.29, 1.82) is 0 Å². The lowest BCUT2D eigenvalue weighted by Crippen LogP contribution is -2.42. The molecular weight excluding hydrogens is 381 g/mol. The predicted octanol–water partition coefficient (Wildman–Crippen LogP) is 3.37. The molecule has 1 aliphatic heterocycles. The van der Waals surface area contributed by atoms with Crippen molar-refractivity contribution in [3.63, 3.8) is 0 Å². The number of hydrogen-bond acceptors (Lipinski definition) is 4. The zero-order valence-electron chi connectivity index (χ0n) is 18.3. The molecule has 0 aliphatic carbocycles. The van der Waals surface area contributed by atoms with E-state index >= 15 is 0 Å². The van der Waals surface area contributed by atoms with Gasteiger partial charge in [-0.15, -0.1) is 0 Å². The van der Waals surface area contributed by atoms with E-state index in [0.29, 0.717) is 25.2 Å². The highest BCUT2D eigenvalue weighted by molar-refractivity contribution is 5.79. The first-order valence-corrected chi connectivity index (χ1v) is 10.8. The van der Waals surface area contributed by atoms with E-state index in [4.69, 9.17) is 9.41 Å². The maximum atomic E-state index is 14.0. The van der Waals surface area contributed by atoms with Crippen LogP contribution in [0.4, 0.5) is 4.39 Å². The number of likely N-dealkylation sites (tertiary alicyclic amines) is 1. The van der Waals surface area contributed by atoms with Gasteiger partial charge in [0.2, 0.25) is 0 Å². The molecule has 0 radical (unpaired) electrons. The summed E-state index contributed by atoms with van der Waals surface area (Å²) in [5.74, 6) is 1.56. The molecule has 30 heavy (non-hydrogen) atoms. The van der Waals surface area contributed by atoms with E-state index in [0.717, 1.165) is 36.9 Å². The van der Waals surface area contributed by atoms with Gasteiger partial charge in [-0.1, -0.05) is 6.07 Å². The first-order valence-electron chi connectivity index (χ1n) is 10.8. The number of benzene rings is 1. The number of halogens is 1. The summed E-state index contributed by atoms with van der Waals surface area (Å²) < 4.78 is 19.7. The van der Waals surface area contributed by atoms with Crippen molar-refractivity contribution in [1.82, 2.24) is 20.4 Å². The molecule has 1 aliphatic rings. The van der Waals surface area contributed by atoms with Gasteiger partial charge < -0.3 is 20.0 Å². The van der Waals surface area contributed by atoms with Gasteiger partial charge in [0, 0.05) is 25.2 Å². The normalized spacial score (nSPS) is 16.2. The van der Waals surface area contributed by atoms with Crippen LogP contribution in [0.15, 0.2) is 46.0 Å². The molecular formula is C23H34FN5O. The summed E-state index contributed by atoms with van der Waals surface area (Å²) in [4.78, 5) is 9.15. The highest BCUT2D eigenvalue weighted by Gasteiger charge is 2.25. The Hall–Kier alpha value is -2.38. The fourth-order valence-electron chi connectivity index (χ4n) is 3.84. The van der Waals surface area contributed by atoms with Gasteiger partial charge in [0.15, 0.2) is 5.96 Å². The second-order valence-corrected chi connectivity index (χ2v) is 8.01. The van der Waals surface area contributed by atoms with Crippen LogP contribution in [0.25, 0.3) is 0 Å². The summed E-state index contributed by atoms with van der Waals surface area (Å²) in [5.41, 5.74) is 1.69. The Morgan fingerprint density at radius 3 is 2.70 bits per heavy atom. The van der Waals surface area contributed by atoms with Crippen LogP contribution in [-0.4, -0.2) is 56.0 Å². The highest BCUT2D eigenvalue weighted by Crippen LogP contribution is 2.24. The fourth-order valence-corrected chi connectivity index (χ4v) is 3.84. The van der Waals surface area contributed by atoms with Gasteiger partial charge in [0.1, 0.15) is 11.6 Å². The van der Waals surface area contributed by atoms with Gasteiger partial charge >= 0.3 is 0 Å². The van der Waals surface area contributed by atoms with Crippen LogP contribution in [0.5, 0.6) is 0 Å². The minimum absolute atomic E-state index is 0.173. The van der Waals surface area contributed by atoms with E-state index in [-0.39, 0.29) is 11.9 Å². The van der Waals surface area contributed by atoms with Crippen molar-refractivity contribution in [2.45, 2.75) is 38.9 Å². The molecule has 3 rings (SSSR count). The minimum atomic E-state index is -0.173. The lowest BCUT2D eigenvalue weighted by atomic mass is 10.1. The summed E-state index contributed by atoms with van der Waals surface area (Å²) in [5, 5.41) is 6.78. The molecule has 164 valence electrons. The van der Waals surface area contributed by atoms with Crippen molar-refractivity contribution in [3.05, 3.63) is 59.3 Å². The molecule has 7 heteroatoms. The standard InChI is InChI=1S/C23H34FN5O/c1-4-25-23(26-15-18-9-10-20(24)19(14-18)17-28(2)3)27-16-21(22-8-7-13-30-22)29-11-5-6-12-29/h7-10,13-14,21H,4-6,11-12,15-17H2,1-3H3,(H2,25,26,27). The first kappa shape index (κ1) is 22.3. The third-order valence-corrected chi connectivity index (χ3v) is 5.28. The first-order chi connectivity index (χ1) is 14.6. The van der Waals surface area contributed by atoms with E-state index in [1.165, 1.54) is 18.9 Å². The van der Waals surface area contributed by atoms with Gasteiger partial charge in [0.05, 0.1) is 18.8 Å². The topological polar surface area (TPSA) is 56.0 Å². The van der Waals surface area contributed by atoms with Gasteiger partial charge in [-0.3, -0.25) is 4.90 Å². The zero-order chi connectivity index (χ0) is 21.3. The Bertz CT molecular complexity index is 800. The fraction of sp³-hybridized carbons (Fsp3) is 0.522. The third-order valence-electron chi connectivity index (χ3n) is 5.28. The monoisotopic (exact) mass is 415 g/mol. The van der Waals surface area contributed by atoms with E-state index in [1.54, 1.807) is 12.3 Å². The van der Waals surface area contributed by atoms with E-state index < -0.39 is 0 Å². The van der Waals surface area contributed by atoms with Crippen LogP contribution in [0.1, 0.15) is 42.7 Å². The van der Waals surface area contributed by atoms with Crippen molar-refractivity contribution in [2.24, 2.45) is 4.99 Å². The molecule has 2 aromatic rings. The second-order valence-electron chi connectivity index (χ2n) is 8.01. The summed E-state index contributed by atoms with van der Waals surface area (Å²) in [6, 6.07) is 9.40. The van der Waals surface area contributed by atoms with Crippen LogP contribution >= 0.6 is 0 Å².